The Hall–Kier alpha value is -2.05. The van der Waals surface area contributed by atoms with Gasteiger partial charge in [-0.3, -0.25) is 9.78 Å². The number of nitrogens with zero attached hydrogens (tertiary/aromatic N) is 1. The lowest BCUT2D eigenvalue weighted by molar-refractivity contribution is 0.0691. The van der Waals surface area contributed by atoms with Crippen LogP contribution < -0.4 is 11.3 Å². The maximum atomic E-state index is 10.8. The van der Waals surface area contributed by atoms with Crippen molar-refractivity contribution >= 4 is 11.9 Å². The molecule has 0 fully saturated rings. The number of aromatic nitrogens is 2. The van der Waals surface area contributed by atoms with Crippen molar-refractivity contribution in [2.75, 3.05) is 5.73 Å². The van der Waals surface area contributed by atoms with Crippen molar-refractivity contribution in [3.63, 3.8) is 0 Å². The molecule has 0 atom stereocenters. The van der Waals surface area contributed by atoms with Gasteiger partial charge in [0, 0.05) is 0 Å². The summed E-state index contributed by atoms with van der Waals surface area (Å²) in [5, 5.41) is 17.2. The van der Waals surface area contributed by atoms with Crippen molar-refractivity contribution in [1.82, 2.24) is 9.97 Å². The quantitative estimate of drug-likeness (QED) is 0.418. The van der Waals surface area contributed by atoms with Crippen LogP contribution in [-0.2, 0) is 0 Å². The monoisotopic (exact) mass is 171 g/mol. The molecule has 64 valence electrons. The topological polar surface area (TPSA) is 129 Å². The highest BCUT2D eigenvalue weighted by Crippen LogP contribution is 2.07. The van der Waals surface area contributed by atoms with Gasteiger partial charge in [0.05, 0.1) is 0 Å². The van der Waals surface area contributed by atoms with E-state index in [4.69, 9.17) is 15.9 Å². The molecule has 1 heterocycles. The fourth-order valence-corrected chi connectivity index (χ4v) is 0.671. The molecule has 1 rings (SSSR count). The maximum Gasteiger partial charge on any atom is 0.346 e. The van der Waals surface area contributed by atoms with Crippen LogP contribution in [-0.4, -0.2) is 26.2 Å². The van der Waals surface area contributed by atoms with Gasteiger partial charge in [-0.05, 0) is 0 Å². The summed E-state index contributed by atoms with van der Waals surface area (Å²) in [6.07, 6.45) is 0. The van der Waals surface area contributed by atoms with Gasteiger partial charge in [0.1, 0.15) is 0 Å². The minimum Gasteiger partial charge on any atom is -0.492 e. The average molecular weight is 171 g/mol. The molecule has 0 aliphatic heterocycles. The molecule has 7 heteroatoms. The summed E-state index contributed by atoms with van der Waals surface area (Å²) in [7, 11) is 0. The van der Waals surface area contributed by atoms with Gasteiger partial charge in [-0.1, -0.05) is 0 Å². The van der Waals surface area contributed by atoms with Crippen LogP contribution in [0, 0.1) is 0 Å². The van der Waals surface area contributed by atoms with Crippen LogP contribution in [0.4, 0.5) is 5.95 Å². The third-order valence-corrected chi connectivity index (χ3v) is 1.13. The third-order valence-electron chi connectivity index (χ3n) is 1.13. The summed E-state index contributed by atoms with van der Waals surface area (Å²) >= 11 is 0. The number of nitrogens with one attached hydrogen (secondary N) is 1. The van der Waals surface area contributed by atoms with Gasteiger partial charge >= 0.3 is 5.97 Å². The highest BCUT2D eigenvalue weighted by molar-refractivity contribution is 5.89. The van der Waals surface area contributed by atoms with E-state index in [1.54, 1.807) is 0 Å². The fraction of sp³-hybridized carbons (Fsp3) is 0. The number of aromatic carboxylic acids is 1. The second-order valence-corrected chi connectivity index (χ2v) is 1.95. The third kappa shape index (κ3) is 1.19. The Morgan fingerprint density at radius 3 is 2.58 bits per heavy atom. The number of rotatable bonds is 1. The second-order valence-electron chi connectivity index (χ2n) is 1.95. The largest absolute Gasteiger partial charge is 0.492 e. The first-order valence-corrected chi connectivity index (χ1v) is 2.84. The van der Waals surface area contributed by atoms with E-state index in [-0.39, 0.29) is 5.95 Å². The molecule has 0 saturated heterocycles. The van der Waals surface area contributed by atoms with Gasteiger partial charge in [-0.25, -0.2) is 4.79 Å². The summed E-state index contributed by atoms with van der Waals surface area (Å²) in [4.78, 5) is 26.2. The van der Waals surface area contributed by atoms with Gasteiger partial charge in [0.2, 0.25) is 11.8 Å². The first kappa shape index (κ1) is 8.05. The number of carboxylic acid groups (broad SMARTS) is 1. The first-order chi connectivity index (χ1) is 5.52. The Labute approximate surface area is 65.5 Å². The van der Waals surface area contributed by atoms with Gasteiger partial charge in [-0.15, -0.1) is 0 Å². The molecule has 0 aromatic carbocycles. The van der Waals surface area contributed by atoms with E-state index in [2.05, 4.69) is 4.98 Å². The number of H-pyrrole nitrogens is 1. The van der Waals surface area contributed by atoms with Crippen LogP contribution in [0.1, 0.15) is 10.4 Å². The highest BCUT2D eigenvalue weighted by Gasteiger charge is 2.16. The normalized spacial score (nSPS) is 9.67. The number of hydrogen-bond acceptors (Lipinski definition) is 5. The molecule has 7 nitrogen and oxygen atoms in total. The molecule has 1 aromatic heterocycles. The van der Waals surface area contributed by atoms with E-state index in [1.807, 2.05) is 4.98 Å². The van der Waals surface area contributed by atoms with E-state index < -0.39 is 23.0 Å². The maximum absolute atomic E-state index is 10.8. The number of anilines is 1. The lowest BCUT2D eigenvalue weighted by Gasteiger charge is -1.97. The van der Waals surface area contributed by atoms with Crippen molar-refractivity contribution in [2.45, 2.75) is 0 Å². The van der Waals surface area contributed by atoms with Crippen LogP contribution in [0.25, 0.3) is 0 Å². The lowest BCUT2D eigenvalue weighted by atomic mass is 10.3. The molecule has 0 spiro atoms. The molecule has 12 heavy (non-hydrogen) atoms. The van der Waals surface area contributed by atoms with Crippen LogP contribution in [0.5, 0.6) is 5.88 Å². The molecular formula is C5H5N3O4. The SMILES string of the molecule is Nc1nc(O)c(C(=O)O)c(=O)[nH]1. The fourth-order valence-electron chi connectivity index (χ4n) is 0.671. The van der Waals surface area contributed by atoms with Crippen LogP contribution >= 0.6 is 0 Å². The van der Waals surface area contributed by atoms with E-state index in [0.29, 0.717) is 0 Å². The van der Waals surface area contributed by atoms with Gasteiger partial charge < -0.3 is 15.9 Å². The molecule has 0 amide bonds. The summed E-state index contributed by atoms with van der Waals surface area (Å²) in [6, 6.07) is 0. The van der Waals surface area contributed by atoms with Crippen LogP contribution in [0.3, 0.4) is 0 Å². The molecule has 0 aliphatic rings. The number of carbonyl (C=O) groups is 1. The molecule has 0 unspecified atom stereocenters. The van der Waals surface area contributed by atoms with Gasteiger partial charge in [0.15, 0.2) is 5.56 Å². The molecule has 0 radical (unpaired) electrons. The van der Waals surface area contributed by atoms with Crippen molar-refractivity contribution in [3.05, 3.63) is 15.9 Å². The Bertz CT molecular complexity index is 383. The van der Waals surface area contributed by atoms with E-state index in [9.17, 15) is 9.59 Å². The zero-order chi connectivity index (χ0) is 9.30. The van der Waals surface area contributed by atoms with Crippen LogP contribution in [0.15, 0.2) is 4.79 Å². The number of carboxylic acids is 1. The highest BCUT2D eigenvalue weighted by atomic mass is 16.4. The number of aromatic hydroxyl groups is 1. The molecule has 5 N–H and O–H groups in total. The summed E-state index contributed by atoms with van der Waals surface area (Å²) < 4.78 is 0. The number of nitrogens with two attached hydrogens (primary N) is 1. The lowest BCUT2D eigenvalue weighted by Crippen LogP contribution is -2.20. The number of aromatic amines is 1. The molecular weight excluding hydrogens is 166 g/mol. The predicted octanol–water partition coefficient (Wildman–Crippen LogP) is -1.24. The average Bonchev–Trinajstić information content (AvgIpc) is 1.82. The summed E-state index contributed by atoms with van der Waals surface area (Å²) in [6.45, 7) is 0. The second kappa shape index (κ2) is 2.53. The predicted molar refractivity (Wildman–Crippen MR) is 37.9 cm³/mol. The molecule has 0 saturated carbocycles. The summed E-state index contributed by atoms with van der Waals surface area (Å²) in [5.41, 5.74) is 3.21. The smallest absolute Gasteiger partial charge is 0.346 e. The van der Waals surface area contributed by atoms with Crippen molar-refractivity contribution in [3.8, 4) is 5.88 Å². The Morgan fingerprint density at radius 1 is 1.58 bits per heavy atom. The van der Waals surface area contributed by atoms with Crippen molar-refractivity contribution in [1.29, 1.82) is 0 Å². The minimum absolute atomic E-state index is 0.331. The molecule has 0 aliphatic carbocycles. The van der Waals surface area contributed by atoms with E-state index in [1.165, 1.54) is 0 Å². The van der Waals surface area contributed by atoms with Gasteiger partial charge in [-0.2, -0.15) is 4.98 Å². The Balaban J connectivity index is 3.49. The zero-order valence-corrected chi connectivity index (χ0v) is 5.74. The van der Waals surface area contributed by atoms with Gasteiger partial charge in [0.25, 0.3) is 5.56 Å². The van der Waals surface area contributed by atoms with Crippen molar-refractivity contribution < 1.29 is 15.0 Å². The number of nitrogen functional groups attached to an aromatic ring is 1. The van der Waals surface area contributed by atoms with E-state index >= 15 is 0 Å². The zero-order valence-electron chi connectivity index (χ0n) is 5.74. The minimum atomic E-state index is -1.55. The Kier molecular flexibility index (Phi) is 1.70. The standard InChI is InChI=1S/C5H5N3O4/c6-5-7-2(9)1(4(11)12)3(10)8-5/h(H,11,12)(H4,6,7,8,9,10). The van der Waals surface area contributed by atoms with Crippen molar-refractivity contribution in [2.24, 2.45) is 0 Å². The van der Waals surface area contributed by atoms with Crippen LogP contribution in [0.2, 0.25) is 0 Å². The summed E-state index contributed by atoms with van der Waals surface area (Å²) in [5.74, 6) is -2.77. The number of hydrogen-bond donors (Lipinski definition) is 4. The first-order valence-electron chi connectivity index (χ1n) is 2.84. The molecule has 0 bridgehead atoms. The Morgan fingerprint density at radius 2 is 2.17 bits per heavy atom. The van der Waals surface area contributed by atoms with E-state index in [0.717, 1.165) is 0 Å². The molecule has 1 aromatic rings.